The van der Waals surface area contributed by atoms with Gasteiger partial charge >= 0.3 is 5.97 Å². The summed E-state index contributed by atoms with van der Waals surface area (Å²) < 4.78 is 4.81. The van der Waals surface area contributed by atoms with Crippen LogP contribution in [0.2, 0.25) is 0 Å². The Balaban J connectivity index is 2.41. The standard InChI is InChI=1S/C18H23N3O4/c1-12(2)18(4,11-19)21-15(22)10-25-16(23)9-20-17(24)14-7-5-6-13(3)8-14/h5-8,12H,9-10H2,1-4H3,(H,20,24)(H,21,22)/t18-/m1/s1. The Morgan fingerprint density at radius 2 is 2.00 bits per heavy atom. The van der Waals surface area contributed by atoms with Crippen LogP contribution in [0.1, 0.15) is 36.7 Å². The van der Waals surface area contributed by atoms with Crippen LogP contribution in [0.25, 0.3) is 0 Å². The number of nitrogens with one attached hydrogen (secondary N) is 2. The fourth-order valence-electron chi connectivity index (χ4n) is 1.86. The van der Waals surface area contributed by atoms with Crippen molar-refractivity contribution in [2.75, 3.05) is 13.2 Å². The van der Waals surface area contributed by atoms with Crippen LogP contribution < -0.4 is 10.6 Å². The van der Waals surface area contributed by atoms with E-state index < -0.39 is 29.9 Å². The number of hydrogen-bond donors (Lipinski definition) is 2. The zero-order valence-electron chi connectivity index (χ0n) is 14.9. The third-order valence-electron chi connectivity index (χ3n) is 3.82. The average molecular weight is 345 g/mol. The molecule has 0 heterocycles. The van der Waals surface area contributed by atoms with E-state index in [2.05, 4.69) is 10.6 Å². The molecular weight excluding hydrogens is 322 g/mol. The molecule has 1 aromatic rings. The van der Waals surface area contributed by atoms with Crippen LogP contribution in [0.3, 0.4) is 0 Å². The lowest BCUT2D eigenvalue weighted by Gasteiger charge is -2.27. The highest BCUT2D eigenvalue weighted by atomic mass is 16.5. The van der Waals surface area contributed by atoms with Crippen molar-refractivity contribution in [1.82, 2.24) is 10.6 Å². The van der Waals surface area contributed by atoms with Crippen molar-refractivity contribution in [3.8, 4) is 6.07 Å². The molecule has 0 bridgehead atoms. The maximum absolute atomic E-state index is 11.9. The molecule has 2 amide bonds. The second kappa shape index (κ2) is 8.83. The lowest BCUT2D eigenvalue weighted by molar-refractivity contribution is -0.147. The van der Waals surface area contributed by atoms with Gasteiger partial charge in [-0.15, -0.1) is 0 Å². The summed E-state index contributed by atoms with van der Waals surface area (Å²) in [6, 6.07) is 8.96. The Labute approximate surface area is 147 Å². The molecule has 0 aliphatic carbocycles. The summed E-state index contributed by atoms with van der Waals surface area (Å²) in [6.45, 7) is 6.20. The molecule has 1 atom stereocenters. The monoisotopic (exact) mass is 345 g/mol. The SMILES string of the molecule is Cc1cccc(C(=O)NCC(=O)OCC(=O)N[C@](C)(C#N)C(C)C)c1. The van der Waals surface area contributed by atoms with Crippen LogP contribution >= 0.6 is 0 Å². The minimum atomic E-state index is -1.04. The second-order valence-electron chi connectivity index (χ2n) is 6.23. The fraction of sp³-hybridized carbons (Fsp3) is 0.444. The van der Waals surface area contributed by atoms with Gasteiger partial charge in [-0.05, 0) is 31.9 Å². The summed E-state index contributed by atoms with van der Waals surface area (Å²) in [5.74, 6) is -1.82. The Morgan fingerprint density at radius 3 is 2.56 bits per heavy atom. The number of carbonyl (C=O) groups is 3. The molecule has 1 rings (SSSR count). The van der Waals surface area contributed by atoms with Gasteiger partial charge in [0, 0.05) is 5.56 Å². The van der Waals surface area contributed by atoms with Crippen molar-refractivity contribution in [2.45, 2.75) is 33.2 Å². The summed E-state index contributed by atoms with van der Waals surface area (Å²) in [4.78, 5) is 35.3. The van der Waals surface area contributed by atoms with E-state index in [1.807, 2.05) is 19.1 Å². The third kappa shape index (κ3) is 6.26. The number of nitrogens with zero attached hydrogens (tertiary/aromatic N) is 1. The van der Waals surface area contributed by atoms with Gasteiger partial charge in [0.15, 0.2) is 6.61 Å². The Bertz CT molecular complexity index is 694. The molecule has 0 unspecified atom stereocenters. The number of ether oxygens (including phenoxy) is 1. The van der Waals surface area contributed by atoms with Gasteiger partial charge in [0.05, 0.1) is 6.07 Å². The van der Waals surface area contributed by atoms with Crippen LogP contribution in [-0.2, 0) is 14.3 Å². The number of amides is 2. The lowest BCUT2D eigenvalue weighted by atomic mass is 9.90. The van der Waals surface area contributed by atoms with Gasteiger partial charge in [0.1, 0.15) is 12.1 Å². The summed E-state index contributed by atoms with van der Waals surface area (Å²) in [7, 11) is 0. The Kier molecular flexibility index (Phi) is 7.12. The Morgan fingerprint density at radius 1 is 1.32 bits per heavy atom. The predicted molar refractivity (Wildman–Crippen MR) is 91.5 cm³/mol. The van der Waals surface area contributed by atoms with Crippen molar-refractivity contribution in [3.63, 3.8) is 0 Å². The van der Waals surface area contributed by atoms with Crippen molar-refractivity contribution in [1.29, 1.82) is 5.26 Å². The van der Waals surface area contributed by atoms with E-state index >= 15 is 0 Å². The Hall–Kier alpha value is -2.88. The van der Waals surface area contributed by atoms with Crippen molar-refractivity contribution >= 4 is 17.8 Å². The zero-order valence-corrected chi connectivity index (χ0v) is 14.9. The summed E-state index contributed by atoms with van der Waals surface area (Å²) in [5, 5.41) is 14.1. The molecule has 7 heteroatoms. The van der Waals surface area contributed by atoms with Crippen molar-refractivity contribution in [2.24, 2.45) is 5.92 Å². The molecule has 134 valence electrons. The first kappa shape index (κ1) is 20.2. The molecule has 2 N–H and O–H groups in total. The van der Waals surface area contributed by atoms with Crippen molar-refractivity contribution < 1.29 is 19.1 Å². The van der Waals surface area contributed by atoms with Crippen molar-refractivity contribution in [3.05, 3.63) is 35.4 Å². The summed E-state index contributed by atoms with van der Waals surface area (Å²) >= 11 is 0. The number of carbonyl (C=O) groups excluding carboxylic acids is 3. The smallest absolute Gasteiger partial charge is 0.325 e. The molecule has 0 radical (unpaired) electrons. The molecule has 0 saturated carbocycles. The predicted octanol–water partition coefficient (Wildman–Crippen LogP) is 1.32. The van der Waals surface area contributed by atoms with Gasteiger partial charge in [-0.2, -0.15) is 5.26 Å². The van der Waals surface area contributed by atoms with Gasteiger partial charge in [0.2, 0.25) is 0 Å². The topological polar surface area (TPSA) is 108 Å². The maximum atomic E-state index is 11.9. The van der Waals surface area contributed by atoms with E-state index in [1.54, 1.807) is 39.0 Å². The minimum absolute atomic E-state index is 0.106. The number of benzene rings is 1. The molecule has 1 aromatic carbocycles. The normalized spacial score (nSPS) is 12.6. The highest BCUT2D eigenvalue weighted by molar-refractivity contribution is 5.96. The van der Waals surface area contributed by atoms with Crippen LogP contribution in [0.4, 0.5) is 0 Å². The number of nitriles is 1. The molecule has 0 saturated heterocycles. The second-order valence-corrected chi connectivity index (χ2v) is 6.23. The molecule has 0 aliphatic heterocycles. The minimum Gasteiger partial charge on any atom is -0.454 e. The highest BCUT2D eigenvalue weighted by Crippen LogP contribution is 2.14. The first-order valence-corrected chi connectivity index (χ1v) is 7.90. The molecule has 0 spiro atoms. The number of esters is 1. The highest BCUT2D eigenvalue weighted by Gasteiger charge is 2.30. The van der Waals surface area contributed by atoms with Gasteiger partial charge in [0.25, 0.3) is 11.8 Å². The number of hydrogen-bond acceptors (Lipinski definition) is 5. The zero-order chi connectivity index (χ0) is 19.0. The third-order valence-corrected chi connectivity index (χ3v) is 3.82. The number of aryl methyl sites for hydroxylation is 1. The van der Waals surface area contributed by atoms with E-state index in [0.717, 1.165) is 5.56 Å². The first-order chi connectivity index (χ1) is 11.7. The molecule has 0 aliphatic rings. The van der Waals surface area contributed by atoms with Crippen LogP contribution in [0.5, 0.6) is 0 Å². The molecule has 0 aromatic heterocycles. The molecule has 7 nitrogen and oxygen atoms in total. The van der Waals surface area contributed by atoms with Gasteiger partial charge in [-0.25, -0.2) is 0 Å². The first-order valence-electron chi connectivity index (χ1n) is 7.90. The quantitative estimate of drug-likeness (QED) is 0.725. The molecule has 25 heavy (non-hydrogen) atoms. The van der Waals surface area contributed by atoms with Gasteiger partial charge in [-0.3, -0.25) is 14.4 Å². The maximum Gasteiger partial charge on any atom is 0.325 e. The van der Waals surface area contributed by atoms with E-state index in [4.69, 9.17) is 10.00 Å². The van der Waals surface area contributed by atoms with E-state index in [-0.39, 0.29) is 12.5 Å². The van der Waals surface area contributed by atoms with Gasteiger partial charge in [-0.1, -0.05) is 31.5 Å². The molecule has 0 fully saturated rings. The fourth-order valence-corrected chi connectivity index (χ4v) is 1.86. The average Bonchev–Trinajstić information content (AvgIpc) is 2.57. The van der Waals surface area contributed by atoms with E-state index in [9.17, 15) is 14.4 Å². The summed E-state index contributed by atoms with van der Waals surface area (Å²) in [6.07, 6.45) is 0. The number of rotatable bonds is 7. The molecular formula is C18H23N3O4. The van der Waals surface area contributed by atoms with E-state index in [0.29, 0.717) is 5.56 Å². The largest absolute Gasteiger partial charge is 0.454 e. The van der Waals surface area contributed by atoms with Crippen LogP contribution in [0, 0.1) is 24.2 Å². The lowest BCUT2D eigenvalue weighted by Crippen LogP contribution is -2.50. The van der Waals surface area contributed by atoms with Crippen LogP contribution in [-0.4, -0.2) is 36.5 Å². The van der Waals surface area contributed by atoms with Crippen LogP contribution in [0.15, 0.2) is 24.3 Å². The van der Waals surface area contributed by atoms with E-state index in [1.165, 1.54) is 0 Å². The summed E-state index contributed by atoms with van der Waals surface area (Å²) in [5.41, 5.74) is 0.327. The van der Waals surface area contributed by atoms with Gasteiger partial charge < -0.3 is 15.4 Å².